The molecule has 0 radical (unpaired) electrons. The fourth-order valence-electron chi connectivity index (χ4n) is 0.897. The van der Waals surface area contributed by atoms with E-state index in [1.165, 1.54) is 0 Å². The molecular weight excluding hydrogens is 270 g/mol. The molecule has 0 unspecified atom stereocenters. The zero-order valence-electron chi connectivity index (χ0n) is 10.5. The van der Waals surface area contributed by atoms with Crippen molar-refractivity contribution in [3.63, 3.8) is 0 Å². The van der Waals surface area contributed by atoms with Crippen LogP contribution < -0.4 is 5.32 Å². The molecule has 7 nitrogen and oxygen atoms in total. The number of carbonyl (C=O) groups excluding carboxylic acids is 2. The molecule has 0 amide bonds. The van der Waals surface area contributed by atoms with Gasteiger partial charge in [-0.15, -0.1) is 11.8 Å². The maximum absolute atomic E-state index is 11.5. The number of thioether (sulfide) groups is 1. The van der Waals surface area contributed by atoms with Gasteiger partial charge in [0, 0.05) is 0 Å². The highest BCUT2D eigenvalue weighted by atomic mass is 32.2. The lowest BCUT2D eigenvalue weighted by molar-refractivity contribution is -0.138. The van der Waals surface area contributed by atoms with Crippen LogP contribution in [0.5, 0.6) is 0 Å². The van der Waals surface area contributed by atoms with Crippen LogP contribution in [-0.4, -0.2) is 32.4 Å². The molecule has 8 heteroatoms. The maximum Gasteiger partial charge on any atom is 0.354 e. The number of nitrogens with zero attached hydrogens (tertiary/aromatic N) is 2. The molecule has 0 aliphatic heterocycles. The molecule has 0 spiro atoms. The van der Waals surface area contributed by atoms with Crippen LogP contribution >= 0.6 is 11.8 Å². The molecule has 0 bridgehead atoms. The van der Waals surface area contributed by atoms with Crippen molar-refractivity contribution < 1.29 is 19.1 Å². The molecule has 0 rings (SSSR count). The highest BCUT2D eigenvalue weighted by molar-refractivity contribution is 8.02. The molecule has 0 atom stereocenters. The lowest BCUT2D eigenvalue weighted by Crippen LogP contribution is -2.22. The van der Waals surface area contributed by atoms with Crippen LogP contribution in [0.25, 0.3) is 0 Å². The molecule has 0 aromatic heterocycles. The summed E-state index contributed by atoms with van der Waals surface area (Å²) in [5.74, 6) is -1.60. The van der Waals surface area contributed by atoms with Crippen LogP contribution in [0.3, 0.4) is 0 Å². The van der Waals surface area contributed by atoms with E-state index < -0.39 is 11.9 Å². The molecule has 0 aliphatic carbocycles. The van der Waals surface area contributed by atoms with Gasteiger partial charge in [0.25, 0.3) is 0 Å². The average molecular weight is 281 g/mol. The zero-order valence-corrected chi connectivity index (χ0v) is 11.3. The van der Waals surface area contributed by atoms with Crippen LogP contribution in [0, 0.1) is 22.7 Å². The molecule has 1 N–H and O–H groups in total. The summed E-state index contributed by atoms with van der Waals surface area (Å²) in [6, 6.07) is 3.34. The topological polar surface area (TPSA) is 112 Å². The van der Waals surface area contributed by atoms with Crippen LogP contribution in [0.4, 0.5) is 0 Å². The predicted molar refractivity (Wildman–Crippen MR) is 67.0 cm³/mol. The molecule has 0 saturated carbocycles. The van der Waals surface area contributed by atoms with E-state index in [1.54, 1.807) is 18.4 Å². The van der Waals surface area contributed by atoms with E-state index in [-0.39, 0.29) is 16.3 Å². The standard InChI is InChI=1S/C11H11N3O4S/c1-17-9(15)4-8(11(16)18-2)14-10(19-3)7(5-12)6-13/h4,14H,1-3H3/b8-4+. The minimum absolute atomic E-state index is 0.130. The Bertz CT molecular complexity index is 495. The smallest absolute Gasteiger partial charge is 0.354 e. The monoisotopic (exact) mass is 281 g/mol. The minimum atomic E-state index is -0.827. The lowest BCUT2D eigenvalue weighted by atomic mass is 10.3. The van der Waals surface area contributed by atoms with Gasteiger partial charge in [-0.25, -0.2) is 9.59 Å². The van der Waals surface area contributed by atoms with E-state index in [4.69, 9.17) is 10.5 Å². The fraction of sp³-hybridized carbons (Fsp3) is 0.273. The number of nitriles is 2. The van der Waals surface area contributed by atoms with Gasteiger partial charge in [0.05, 0.1) is 20.3 Å². The summed E-state index contributed by atoms with van der Waals surface area (Å²) in [4.78, 5) is 22.6. The molecule has 0 aromatic rings. The van der Waals surface area contributed by atoms with E-state index in [0.717, 1.165) is 32.1 Å². The number of carbonyl (C=O) groups is 2. The minimum Gasteiger partial charge on any atom is -0.466 e. The Morgan fingerprint density at radius 2 is 1.79 bits per heavy atom. The highest BCUT2D eigenvalue weighted by Crippen LogP contribution is 2.15. The number of hydrogen-bond acceptors (Lipinski definition) is 8. The largest absolute Gasteiger partial charge is 0.466 e. The number of allylic oxidation sites excluding steroid dienone is 1. The van der Waals surface area contributed by atoms with E-state index in [1.807, 2.05) is 0 Å². The Morgan fingerprint density at radius 1 is 1.21 bits per heavy atom. The molecule has 0 fully saturated rings. The van der Waals surface area contributed by atoms with Crippen molar-refractivity contribution in [1.82, 2.24) is 5.32 Å². The summed E-state index contributed by atoms with van der Waals surface area (Å²) < 4.78 is 8.86. The summed E-state index contributed by atoms with van der Waals surface area (Å²) in [6.07, 6.45) is 2.47. The van der Waals surface area contributed by atoms with Crippen molar-refractivity contribution in [3.8, 4) is 12.1 Å². The summed E-state index contributed by atoms with van der Waals surface area (Å²) in [7, 11) is 2.28. The van der Waals surface area contributed by atoms with Gasteiger partial charge in [-0.05, 0) is 6.26 Å². The van der Waals surface area contributed by atoms with Crippen LogP contribution in [-0.2, 0) is 19.1 Å². The van der Waals surface area contributed by atoms with Crippen molar-refractivity contribution in [2.75, 3.05) is 20.5 Å². The van der Waals surface area contributed by atoms with Crippen LogP contribution in [0.15, 0.2) is 22.4 Å². The average Bonchev–Trinajstić information content (AvgIpc) is 2.44. The van der Waals surface area contributed by atoms with Crippen molar-refractivity contribution in [1.29, 1.82) is 10.5 Å². The summed E-state index contributed by atoms with van der Waals surface area (Å²) >= 11 is 1.04. The molecule has 0 aromatic carbocycles. The van der Waals surface area contributed by atoms with Crippen molar-refractivity contribution in [2.24, 2.45) is 0 Å². The van der Waals surface area contributed by atoms with E-state index >= 15 is 0 Å². The fourth-order valence-corrected chi connectivity index (χ4v) is 1.40. The molecule has 0 aliphatic rings. The maximum atomic E-state index is 11.5. The van der Waals surface area contributed by atoms with Gasteiger partial charge in [-0.2, -0.15) is 10.5 Å². The van der Waals surface area contributed by atoms with E-state index in [0.29, 0.717) is 0 Å². The van der Waals surface area contributed by atoms with Gasteiger partial charge >= 0.3 is 11.9 Å². The van der Waals surface area contributed by atoms with Gasteiger partial charge in [-0.3, -0.25) is 0 Å². The molecule has 0 saturated heterocycles. The molecule has 100 valence electrons. The Hall–Kier alpha value is -2.45. The van der Waals surface area contributed by atoms with Crippen LogP contribution in [0.2, 0.25) is 0 Å². The molecule has 0 heterocycles. The van der Waals surface area contributed by atoms with E-state index in [2.05, 4.69) is 14.8 Å². The third kappa shape index (κ3) is 5.15. The Kier molecular flexibility index (Phi) is 7.50. The number of rotatable bonds is 5. The number of ether oxygens (including phenoxy) is 2. The second kappa shape index (κ2) is 8.61. The first-order valence-electron chi connectivity index (χ1n) is 4.77. The van der Waals surface area contributed by atoms with Crippen molar-refractivity contribution >= 4 is 23.7 Å². The third-order valence-electron chi connectivity index (χ3n) is 1.77. The number of esters is 2. The first-order chi connectivity index (χ1) is 9.03. The lowest BCUT2D eigenvalue weighted by Gasteiger charge is -2.10. The van der Waals surface area contributed by atoms with Gasteiger partial charge in [0.2, 0.25) is 0 Å². The second-order valence-corrected chi connectivity index (χ2v) is 3.65. The number of hydrogen-bond donors (Lipinski definition) is 1. The Balaban J connectivity index is 5.47. The first kappa shape index (κ1) is 16.6. The number of nitrogens with one attached hydrogen (secondary N) is 1. The normalized spacial score (nSPS) is 9.63. The van der Waals surface area contributed by atoms with E-state index in [9.17, 15) is 9.59 Å². The summed E-state index contributed by atoms with van der Waals surface area (Å²) in [5.41, 5.74) is -0.450. The molecule has 19 heavy (non-hydrogen) atoms. The Labute approximate surface area is 114 Å². The SMILES string of the molecule is COC(=O)/C=C(/NC(SC)=C(C#N)C#N)C(=O)OC. The quantitative estimate of drug-likeness (QED) is 0.438. The van der Waals surface area contributed by atoms with Crippen LogP contribution in [0.1, 0.15) is 0 Å². The third-order valence-corrected chi connectivity index (χ3v) is 2.49. The second-order valence-electron chi connectivity index (χ2n) is 2.83. The van der Waals surface area contributed by atoms with Gasteiger partial charge in [0.1, 0.15) is 22.9 Å². The predicted octanol–water partition coefficient (Wildman–Crippen LogP) is 0.428. The van der Waals surface area contributed by atoms with Crippen molar-refractivity contribution in [2.45, 2.75) is 0 Å². The van der Waals surface area contributed by atoms with Gasteiger partial charge in [-0.1, -0.05) is 0 Å². The summed E-state index contributed by atoms with van der Waals surface area (Å²) in [6.45, 7) is 0. The number of methoxy groups -OCH3 is 2. The van der Waals surface area contributed by atoms with Gasteiger partial charge in [0.15, 0.2) is 5.57 Å². The van der Waals surface area contributed by atoms with Gasteiger partial charge < -0.3 is 14.8 Å². The zero-order chi connectivity index (χ0) is 14.8. The molecular formula is C11H11N3O4S. The first-order valence-corrected chi connectivity index (χ1v) is 5.99. The van der Waals surface area contributed by atoms with Crippen molar-refractivity contribution in [3.05, 3.63) is 22.4 Å². The summed E-state index contributed by atoms with van der Waals surface area (Å²) in [5, 5.41) is 20.1. The Morgan fingerprint density at radius 3 is 2.16 bits per heavy atom. The highest BCUT2D eigenvalue weighted by Gasteiger charge is 2.16.